The molecule has 3 aromatic carbocycles. The molecule has 0 amide bonds. The van der Waals surface area contributed by atoms with E-state index in [4.69, 9.17) is 0 Å². The minimum atomic E-state index is -3.84. The van der Waals surface area contributed by atoms with Crippen LogP contribution in [0.15, 0.2) is 86.2 Å². The van der Waals surface area contributed by atoms with E-state index in [1.165, 1.54) is 45.2 Å². The summed E-state index contributed by atoms with van der Waals surface area (Å²) in [7, 11) is -0.548. The molecule has 0 saturated carbocycles. The number of aromatic nitrogens is 2. The molecule has 0 unspecified atom stereocenters. The number of anilines is 1. The Morgan fingerprint density at radius 1 is 0.900 bits per heavy atom. The Morgan fingerprint density at radius 2 is 1.50 bits per heavy atom. The fraction of sp³-hybridized carbons (Fsp3) is 0.0952. The van der Waals surface area contributed by atoms with E-state index in [0.29, 0.717) is 21.6 Å². The van der Waals surface area contributed by atoms with Crippen molar-refractivity contribution in [2.75, 3.05) is 4.72 Å². The summed E-state index contributed by atoms with van der Waals surface area (Å²) >= 11 is 1.28. The van der Waals surface area contributed by atoms with Crippen molar-refractivity contribution in [3.63, 3.8) is 0 Å². The number of sulfonamides is 1. The van der Waals surface area contributed by atoms with E-state index in [9.17, 15) is 17.6 Å². The number of nitrogens with zero attached hydrogens (tertiary/aromatic N) is 2. The van der Waals surface area contributed by atoms with Gasteiger partial charge in [-0.25, -0.2) is 17.6 Å². The van der Waals surface area contributed by atoms with Gasteiger partial charge in [0.05, 0.1) is 21.6 Å². The lowest BCUT2D eigenvalue weighted by atomic mass is 10.3. The zero-order valence-corrected chi connectivity index (χ0v) is 17.8. The summed E-state index contributed by atoms with van der Waals surface area (Å²) in [6, 6.07) is 17.3. The Bertz CT molecular complexity index is 1390. The fourth-order valence-electron chi connectivity index (χ4n) is 3.12. The molecule has 154 valence electrons. The quantitative estimate of drug-likeness (QED) is 0.507. The van der Waals surface area contributed by atoms with Crippen molar-refractivity contribution < 1.29 is 12.8 Å². The van der Waals surface area contributed by atoms with Crippen LogP contribution in [0.25, 0.3) is 11.0 Å². The number of hydrogen-bond acceptors (Lipinski definition) is 4. The average Bonchev–Trinajstić information content (AvgIpc) is 2.94. The molecule has 0 saturated heterocycles. The fourth-order valence-corrected chi connectivity index (χ4v) is 5.20. The Morgan fingerprint density at radius 3 is 2.13 bits per heavy atom. The van der Waals surface area contributed by atoms with Crippen LogP contribution in [0.3, 0.4) is 0 Å². The second-order valence-electron chi connectivity index (χ2n) is 6.71. The molecule has 6 nitrogen and oxygen atoms in total. The third-order valence-corrected chi connectivity index (χ3v) is 7.16. The Kier molecular flexibility index (Phi) is 5.17. The molecule has 4 rings (SSSR count). The van der Waals surface area contributed by atoms with Crippen LogP contribution in [-0.2, 0) is 24.1 Å². The molecule has 0 spiro atoms. The number of benzene rings is 3. The van der Waals surface area contributed by atoms with Gasteiger partial charge in [-0.1, -0.05) is 30.0 Å². The van der Waals surface area contributed by atoms with Gasteiger partial charge in [0.15, 0.2) is 0 Å². The van der Waals surface area contributed by atoms with Gasteiger partial charge in [0.1, 0.15) is 5.82 Å². The molecule has 9 heteroatoms. The average molecular weight is 444 g/mol. The van der Waals surface area contributed by atoms with Crippen molar-refractivity contribution in [3.8, 4) is 0 Å². The van der Waals surface area contributed by atoms with E-state index >= 15 is 0 Å². The van der Waals surface area contributed by atoms with Crippen LogP contribution in [-0.4, -0.2) is 17.6 Å². The van der Waals surface area contributed by atoms with Crippen molar-refractivity contribution in [3.05, 3.63) is 83.0 Å². The highest BCUT2D eigenvalue weighted by Gasteiger charge is 2.19. The molecule has 0 bridgehead atoms. The number of imidazole rings is 1. The first-order chi connectivity index (χ1) is 14.3. The number of nitrogens with one attached hydrogen (secondary N) is 1. The highest BCUT2D eigenvalue weighted by Crippen LogP contribution is 2.37. The van der Waals surface area contributed by atoms with Gasteiger partial charge in [-0.15, -0.1) is 0 Å². The van der Waals surface area contributed by atoms with Crippen molar-refractivity contribution in [2.24, 2.45) is 14.1 Å². The predicted molar refractivity (Wildman–Crippen MR) is 116 cm³/mol. The third kappa shape index (κ3) is 3.73. The van der Waals surface area contributed by atoms with Crippen LogP contribution >= 0.6 is 11.8 Å². The third-order valence-electron chi connectivity index (χ3n) is 4.71. The molecular weight excluding hydrogens is 425 g/mol. The number of aryl methyl sites for hydroxylation is 2. The smallest absolute Gasteiger partial charge is 0.295 e. The molecule has 1 N–H and O–H groups in total. The summed E-state index contributed by atoms with van der Waals surface area (Å²) in [4.78, 5) is 13.8. The number of halogens is 1. The lowest BCUT2D eigenvalue weighted by molar-refractivity contribution is 0.601. The van der Waals surface area contributed by atoms with Crippen molar-refractivity contribution in [1.82, 2.24) is 9.13 Å². The second-order valence-corrected chi connectivity index (χ2v) is 9.51. The van der Waals surface area contributed by atoms with Gasteiger partial charge in [-0.05, 0) is 48.5 Å². The number of hydrogen-bond donors (Lipinski definition) is 1. The maximum Gasteiger partial charge on any atom is 0.328 e. The molecule has 0 aliphatic rings. The molecular formula is C21H18FN3O3S2. The normalized spacial score (nSPS) is 11.7. The van der Waals surface area contributed by atoms with Crippen molar-refractivity contribution in [1.29, 1.82) is 0 Å². The van der Waals surface area contributed by atoms with E-state index in [-0.39, 0.29) is 16.4 Å². The van der Waals surface area contributed by atoms with E-state index in [1.807, 2.05) is 0 Å². The van der Waals surface area contributed by atoms with E-state index in [2.05, 4.69) is 4.72 Å². The Labute approximate surface area is 177 Å². The summed E-state index contributed by atoms with van der Waals surface area (Å²) in [5.41, 5.74) is 1.37. The molecule has 0 aliphatic heterocycles. The standard InChI is InChI=1S/C21H18FN3O3S2/c1-24-18-12-17(23-30(27,28)16-6-4-3-5-7-16)20(13-19(18)25(2)21(24)26)29-15-10-8-14(22)9-11-15/h3-13,23H,1-2H3. The molecule has 0 fully saturated rings. The zero-order valence-electron chi connectivity index (χ0n) is 16.2. The van der Waals surface area contributed by atoms with Crippen molar-refractivity contribution >= 4 is 38.5 Å². The van der Waals surface area contributed by atoms with E-state index < -0.39 is 10.0 Å². The van der Waals surface area contributed by atoms with E-state index in [0.717, 1.165) is 4.90 Å². The predicted octanol–water partition coefficient (Wildman–Crippen LogP) is 3.97. The minimum absolute atomic E-state index is 0.129. The highest BCUT2D eigenvalue weighted by molar-refractivity contribution is 7.99. The van der Waals surface area contributed by atoms with Crippen LogP contribution < -0.4 is 10.4 Å². The first-order valence-electron chi connectivity index (χ1n) is 8.97. The van der Waals surface area contributed by atoms with Crippen LogP contribution in [0, 0.1) is 5.82 Å². The Balaban J connectivity index is 1.86. The monoisotopic (exact) mass is 443 g/mol. The van der Waals surface area contributed by atoms with Gasteiger partial charge >= 0.3 is 5.69 Å². The number of rotatable bonds is 5. The minimum Gasteiger partial charge on any atom is -0.295 e. The maximum absolute atomic E-state index is 13.3. The SMILES string of the molecule is Cn1c(=O)n(C)c2cc(Sc3ccc(F)cc3)c(NS(=O)(=O)c3ccccc3)cc21. The lowest BCUT2D eigenvalue weighted by Gasteiger charge is -2.14. The van der Waals surface area contributed by atoms with Crippen LogP contribution in [0.1, 0.15) is 0 Å². The van der Waals surface area contributed by atoms with Gasteiger partial charge in [0.2, 0.25) is 0 Å². The van der Waals surface area contributed by atoms with Gasteiger partial charge < -0.3 is 0 Å². The van der Waals surface area contributed by atoms with Crippen LogP contribution in [0.4, 0.5) is 10.1 Å². The largest absolute Gasteiger partial charge is 0.328 e. The first-order valence-corrected chi connectivity index (χ1v) is 11.3. The first kappa shape index (κ1) is 20.2. The van der Waals surface area contributed by atoms with Gasteiger partial charge in [-0.3, -0.25) is 13.9 Å². The topological polar surface area (TPSA) is 73.1 Å². The summed E-state index contributed by atoms with van der Waals surface area (Å²) in [5, 5.41) is 0. The summed E-state index contributed by atoms with van der Waals surface area (Å²) in [6.45, 7) is 0. The second kappa shape index (κ2) is 7.66. The van der Waals surface area contributed by atoms with Crippen LogP contribution in [0.2, 0.25) is 0 Å². The van der Waals surface area contributed by atoms with E-state index in [1.54, 1.807) is 56.6 Å². The molecule has 4 aromatic rings. The molecule has 0 radical (unpaired) electrons. The van der Waals surface area contributed by atoms with Gasteiger partial charge in [0.25, 0.3) is 10.0 Å². The molecule has 30 heavy (non-hydrogen) atoms. The molecule has 0 aliphatic carbocycles. The number of fused-ring (bicyclic) bond motifs is 1. The van der Waals surface area contributed by atoms with Gasteiger partial charge in [-0.2, -0.15) is 0 Å². The molecule has 1 aromatic heterocycles. The maximum atomic E-state index is 13.3. The summed E-state index contributed by atoms with van der Waals surface area (Å²) in [6.07, 6.45) is 0. The molecule has 1 heterocycles. The highest BCUT2D eigenvalue weighted by atomic mass is 32.2. The van der Waals surface area contributed by atoms with Gasteiger partial charge in [0, 0.05) is 23.9 Å². The Hall–Kier alpha value is -3.04. The zero-order chi connectivity index (χ0) is 21.5. The van der Waals surface area contributed by atoms with Crippen LogP contribution in [0.5, 0.6) is 0 Å². The lowest BCUT2D eigenvalue weighted by Crippen LogP contribution is -2.19. The van der Waals surface area contributed by atoms with Crippen molar-refractivity contribution in [2.45, 2.75) is 14.7 Å². The summed E-state index contributed by atoms with van der Waals surface area (Å²) < 4.78 is 44.7. The molecule has 0 atom stereocenters. The summed E-state index contributed by atoms with van der Waals surface area (Å²) in [5.74, 6) is -0.356.